The Morgan fingerprint density at radius 1 is 0.882 bits per heavy atom. The molecule has 0 aromatic carbocycles. The van der Waals surface area contributed by atoms with Crippen molar-refractivity contribution in [2.24, 2.45) is 0 Å². The SMILES string of the molecule is CC(C)(C)c1nnc(C(C)(C)C)c2occc12. The van der Waals surface area contributed by atoms with Gasteiger partial charge in [0, 0.05) is 16.2 Å². The normalized spacial score (nSPS) is 13.3. The maximum absolute atomic E-state index is 5.61. The summed E-state index contributed by atoms with van der Waals surface area (Å²) in [6.45, 7) is 12.8. The summed E-state index contributed by atoms with van der Waals surface area (Å²) >= 11 is 0. The molecule has 0 saturated carbocycles. The van der Waals surface area contributed by atoms with Gasteiger partial charge in [-0.15, -0.1) is 0 Å². The number of furan rings is 1. The quantitative estimate of drug-likeness (QED) is 0.693. The van der Waals surface area contributed by atoms with Crippen molar-refractivity contribution in [3.8, 4) is 0 Å². The average Bonchev–Trinajstić information content (AvgIpc) is 2.60. The molecule has 0 unspecified atom stereocenters. The van der Waals surface area contributed by atoms with Crippen molar-refractivity contribution in [1.82, 2.24) is 10.2 Å². The van der Waals surface area contributed by atoms with Crippen LogP contribution in [0.1, 0.15) is 52.9 Å². The van der Waals surface area contributed by atoms with Gasteiger partial charge in [-0.1, -0.05) is 41.5 Å². The molecule has 3 nitrogen and oxygen atoms in total. The van der Waals surface area contributed by atoms with E-state index in [1.165, 1.54) is 0 Å². The first-order valence-corrected chi connectivity index (χ1v) is 5.96. The van der Waals surface area contributed by atoms with E-state index in [9.17, 15) is 0 Å². The highest BCUT2D eigenvalue weighted by Gasteiger charge is 2.27. The first-order chi connectivity index (χ1) is 7.71. The van der Waals surface area contributed by atoms with Crippen molar-refractivity contribution in [3.05, 3.63) is 23.7 Å². The molecule has 0 amide bonds. The van der Waals surface area contributed by atoms with E-state index in [1.54, 1.807) is 6.26 Å². The van der Waals surface area contributed by atoms with Gasteiger partial charge >= 0.3 is 0 Å². The molecule has 3 heteroatoms. The molecule has 0 atom stereocenters. The molecular weight excluding hydrogens is 212 g/mol. The van der Waals surface area contributed by atoms with Crippen LogP contribution in [0, 0.1) is 0 Å². The van der Waals surface area contributed by atoms with Crippen molar-refractivity contribution in [1.29, 1.82) is 0 Å². The van der Waals surface area contributed by atoms with E-state index in [-0.39, 0.29) is 10.8 Å². The monoisotopic (exact) mass is 232 g/mol. The topological polar surface area (TPSA) is 38.9 Å². The van der Waals surface area contributed by atoms with Gasteiger partial charge in [0.25, 0.3) is 0 Å². The summed E-state index contributed by atoms with van der Waals surface area (Å²) in [6.07, 6.45) is 1.72. The molecule has 0 N–H and O–H groups in total. The third-order valence-corrected chi connectivity index (χ3v) is 2.81. The number of aromatic nitrogens is 2. The Balaban J connectivity index is 2.76. The largest absolute Gasteiger partial charge is 0.462 e. The highest BCUT2D eigenvalue weighted by Crippen LogP contribution is 2.33. The van der Waals surface area contributed by atoms with Gasteiger partial charge in [0.15, 0.2) is 5.58 Å². The summed E-state index contributed by atoms with van der Waals surface area (Å²) in [5.74, 6) is 0. The molecule has 0 aliphatic heterocycles. The van der Waals surface area contributed by atoms with Gasteiger partial charge in [0.1, 0.15) is 5.69 Å². The standard InChI is InChI=1S/C14H20N2O/c1-13(2,3)11-9-7-8-17-10(9)12(16-15-11)14(4,5)6/h7-8H,1-6H3. The number of rotatable bonds is 0. The van der Waals surface area contributed by atoms with Crippen LogP contribution in [0.2, 0.25) is 0 Å². The molecule has 0 spiro atoms. The van der Waals surface area contributed by atoms with Gasteiger partial charge in [-0.3, -0.25) is 0 Å². The van der Waals surface area contributed by atoms with E-state index in [0.717, 1.165) is 22.4 Å². The Morgan fingerprint density at radius 2 is 1.41 bits per heavy atom. The van der Waals surface area contributed by atoms with Crippen molar-refractivity contribution < 1.29 is 4.42 Å². The van der Waals surface area contributed by atoms with Gasteiger partial charge in [-0.25, -0.2) is 0 Å². The van der Waals surface area contributed by atoms with E-state index < -0.39 is 0 Å². The van der Waals surface area contributed by atoms with Crippen molar-refractivity contribution >= 4 is 11.0 Å². The Labute approximate surface area is 102 Å². The third kappa shape index (κ3) is 2.06. The van der Waals surface area contributed by atoms with E-state index >= 15 is 0 Å². The molecule has 2 aromatic rings. The Kier molecular flexibility index (Phi) is 2.53. The zero-order valence-electron chi connectivity index (χ0n) is 11.5. The number of fused-ring (bicyclic) bond motifs is 1. The maximum Gasteiger partial charge on any atom is 0.159 e. The van der Waals surface area contributed by atoms with Crippen LogP contribution in [0.15, 0.2) is 16.7 Å². The molecule has 0 saturated heterocycles. The fourth-order valence-corrected chi connectivity index (χ4v) is 1.92. The smallest absolute Gasteiger partial charge is 0.159 e. The van der Waals surface area contributed by atoms with Crippen LogP contribution >= 0.6 is 0 Å². The van der Waals surface area contributed by atoms with E-state index in [1.807, 2.05) is 6.07 Å². The number of hydrogen-bond donors (Lipinski definition) is 0. The van der Waals surface area contributed by atoms with Crippen molar-refractivity contribution in [2.45, 2.75) is 52.4 Å². The Hall–Kier alpha value is -1.38. The van der Waals surface area contributed by atoms with Crippen molar-refractivity contribution in [3.63, 3.8) is 0 Å². The molecule has 0 bridgehead atoms. The fourth-order valence-electron chi connectivity index (χ4n) is 1.92. The molecule has 0 aliphatic rings. The lowest BCUT2D eigenvalue weighted by Crippen LogP contribution is -2.20. The fraction of sp³-hybridized carbons (Fsp3) is 0.571. The summed E-state index contributed by atoms with van der Waals surface area (Å²) < 4.78 is 5.61. The minimum absolute atomic E-state index is 0.0223. The lowest BCUT2D eigenvalue weighted by Gasteiger charge is -2.21. The summed E-state index contributed by atoms with van der Waals surface area (Å²) in [4.78, 5) is 0. The first-order valence-electron chi connectivity index (χ1n) is 5.96. The predicted molar refractivity (Wildman–Crippen MR) is 69.2 cm³/mol. The molecule has 17 heavy (non-hydrogen) atoms. The molecule has 2 aromatic heterocycles. The highest BCUT2D eigenvalue weighted by atomic mass is 16.3. The molecule has 0 aliphatic carbocycles. The van der Waals surface area contributed by atoms with Gasteiger partial charge in [0.05, 0.1) is 12.0 Å². The molecule has 0 fully saturated rings. The van der Waals surface area contributed by atoms with Gasteiger partial charge < -0.3 is 4.42 Å². The second kappa shape index (κ2) is 3.56. The zero-order chi connectivity index (χ0) is 12.8. The van der Waals surface area contributed by atoms with Gasteiger partial charge in [-0.05, 0) is 6.07 Å². The van der Waals surface area contributed by atoms with Crippen LogP contribution in [0.5, 0.6) is 0 Å². The molecule has 2 rings (SSSR count). The Bertz CT molecular complexity index is 493. The van der Waals surface area contributed by atoms with Crippen LogP contribution in [-0.2, 0) is 10.8 Å². The molecule has 92 valence electrons. The second-order valence-corrected chi connectivity index (χ2v) is 6.56. The average molecular weight is 232 g/mol. The summed E-state index contributed by atoms with van der Waals surface area (Å²) in [6, 6.07) is 1.99. The van der Waals surface area contributed by atoms with Crippen LogP contribution in [-0.4, -0.2) is 10.2 Å². The number of hydrogen-bond acceptors (Lipinski definition) is 3. The lowest BCUT2D eigenvalue weighted by atomic mass is 9.87. The van der Waals surface area contributed by atoms with Crippen LogP contribution in [0.25, 0.3) is 11.0 Å². The first kappa shape index (κ1) is 12.1. The minimum atomic E-state index is -0.0560. The summed E-state index contributed by atoms with van der Waals surface area (Å²) in [5, 5.41) is 9.86. The van der Waals surface area contributed by atoms with Gasteiger partial charge in [0.2, 0.25) is 0 Å². The maximum atomic E-state index is 5.61. The van der Waals surface area contributed by atoms with E-state index in [0.29, 0.717) is 0 Å². The molecule has 0 radical (unpaired) electrons. The minimum Gasteiger partial charge on any atom is -0.462 e. The summed E-state index contributed by atoms with van der Waals surface area (Å²) in [5.41, 5.74) is 2.71. The van der Waals surface area contributed by atoms with E-state index in [2.05, 4.69) is 51.7 Å². The van der Waals surface area contributed by atoms with E-state index in [4.69, 9.17) is 4.42 Å². The van der Waals surface area contributed by atoms with Gasteiger partial charge in [-0.2, -0.15) is 10.2 Å². The summed E-state index contributed by atoms with van der Waals surface area (Å²) in [7, 11) is 0. The predicted octanol–water partition coefficient (Wildman–Crippen LogP) is 3.82. The van der Waals surface area contributed by atoms with Crippen LogP contribution in [0.3, 0.4) is 0 Å². The van der Waals surface area contributed by atoms with Crippen LogP contribution < -0.4 is 0 Å². The Morgan fingerprint density at radius 3 is 1.94 bits per heavy atom. The third-order valence-electron chi connectivity index (χ3n) is 2.81. The van der Waals surface area contributed by atoms with Crippen molar-refractivity contribution in [2.75, 3.05) is 0 Å². The highest BCUT2D eigenvalue weighted by molar-refractivity contribution is 5.82. The number of nitrogens with zero attached hydrogens (tertiary/aromatic N) is 2. The lowest BCUT2D eigenvalue weighted by molar-refractivity contribution is 0.517. The zero-order valence-corrected chi connectivity index (χ0v) is 11.5. The second-order valence-electron chi connectivity index (χ2n) is 6.56. The molecule has 2 heterocycles. The molecular formula is C14H20N2O. The van der Waals surface area contributed by atoms with Crippen LogP contribution in [0.4, 0.5) is 0 Å².